The van der Waals surface area contributed by atoms with Crippen LogP contribution in [-0.4, -0.2) is 18.0 Å². The average molecular weight is 462 g/mol. The zero-order valence-corrected chi connectivity index (χ0v) is 18.9. The summed E-state index contributed by atoms with van der Waals surface area (Å²) in [5.74, 6) is 1.24. The highest BCUT2D eigenvalue weighted by Crippen LogP contribution is 2.47. The molecule has 4 aromatic rings. The first-order valence-electron chi connectivity index (χ1n) is 10.6. The van der Waals surface area contributed by atoms with E-state index in [2.05, 4.69) is 28.8 Å². The third kappa shape index (κ3) is 3.31. The number of carbonyl (C=O) groups is 1. The van der Waals surface area contributed by atoms with Crippen LogP contribution >= 0.6 is 22.9 Å². The van der Waals surface area contributed by atoms with Gasteiger partial charge in [0, 0.05) is 22.0 Å². The van der Waals surface area contributed by atoms with Gasteiger partial charge in [0.1, 0.15) is 21.6 Å². The van der Waals surface area contributed by atoms with E-state index in [-0.39, 0.29) is 12.1 Å². The number of carbonyl (C=O) groups excluding carboxylic acids is 1. The monoisotopic (exact) mass is 461 g/mol. The number of anilines is 1. The molecule has 1 saturated carbocycles. The van der Waals surface area contributed by atoms with Crippen LogP contribution in [0.4, 0.5) is 5.69 Å². The summed E-state index contributed by atoms with van der Waals surface area (Å²) < 4.78 is 5.34. The van der Waals surface area contributed by atoms with Crippen LogP contribution < -0.4 is 15.4 Å². The number of nitrogens with zero attached hydrogens (tertiary/aromatic N) is 1. The fraction of sp³-hybridized carbons (Fsp3) is 0.200. The third-order valence-corrected chi connectivity index (χ3v) is 7.39. The summed E-state index contributed by atoms with van der Waals surface area (Å²) in [6.07, 6.45) is 2.00. The maximum absolute atomic E-state index is 13.1. The number of nitrogens with one attached hydrogen (secondary N) is 2. The number of ether oxygens (including phenoxy) is 1. The Morgan fingerprint density at radius 1 is 1.06 bits per heavy atom. The van der Waals surface area contributed by atoms with E-state index in [9.17, 15) is 4.79 Å². The van der Waals surface area contributed by atoms with Crippen LogP contribution in [0.3, 0.4) is 0 Å². The smallest absolute Gasteiger partial charge is 0.265 e. The predicted molar refractivity (Wildman–Crippen MR) is 129 cm³/mol. The lowest BCUT2D eigenvalue weighted by Crippen LogP contribution is -2.37. The molecule has 1 amide bonds. The molecule has 0 unspecified atom stereocenters. The van der Waals surface area contributed by atoms with Crippen molar-refractivity contribution in [2.24, 2.45) is 0 Å². The van der Waals surface area contributed by atoms with Gasteiger partial charge in [0.25, 0.3) is 5.91 Å². The molecule has 5 nitrogen and oxygen atoms in total. The van der Waals surface area contributed by atoms with Crippen molar-refractivity contribution in [3.63, 3.8) is 0 Å². The van der Waals surface area contributed by atoms with Crippen molar-refractivity contribution in [1.82, 2.24) is 10.3 Å². The number of amides is 1. The van der Waals surface area contributed by atoms with Crippen LogP contribution in [0.2, 0.25) is 5.02 Å². The highest BCUT2D eigenvalue weighted by molar-refractivity contribution is 7.21. The molecule has 0 saturated heterocycles. The topological polar surface area (TPSA) is 63.2 Å². The van der Waals surface area contributed by atoms with E-state index in [0.717, 1.165) is 44.0 Å². The molecule has 32 heavy (non-hydrogen) atoms. The number of hydrogen-bond acceptors (Lipinski definition) is 5. The Morgan fingerprint density at radius 3 is 2.50 bits per heavy atom. The number of thiophene rings is 1. The van der Waals surface area contributed by atoms with Gasteiger partial charge in [0.15, 0.2) is 0 Å². The van der Waals surface area contributed by atoms with Crippen LogP contribution in [0.15, 0.2) is 54.6 Å². The van der Waals surface area contributed by atoms with E-state index >= 15 is 0 Å². The minimum absolute atomic E-state index is 0.0876. The summed E-state index contributed by atoms with van der Waals surface area (Å²) in [5, 5.41) is 8.28. The second-order valence-electron chi connectivity index (χ2n) is 8.19. The number of benzene rings is 2. The van der Waals surface area contributed by atoms with E-state index in [4.69, 9.17) is 21.3 Å². The van der Waals surface area contributed by atoms with Gasteiger partial charge >= 0.3 is 0 Å². The van der Waals surface area contributed by atoms with Crippen molar-refractivity contribution in [3.8, 4) is 16.9 Å². The number of rotatable bonds is 4. The third-order valence-electron chi connectivity index (χ3n) is 6.05. The molecule has 2 N–H and O–H groups in total. The molecule has 2 aliphatic rings. The molecule has 7 heteroatoms. The first-order chi connectivity index (χ1) is 15.6. The van der Waals surface area contributed by atoms with Crippen LogP contribution in [0.25, 0.3) is 21.3 Å². The van der Waals surface area contributed by atoms with E-state index in [1.54, 1.807) is 7.11 Å². The standard InChI is InChI=1S/C25H20ClN3O2S/c1-31-17-10-6-13(7-11-17)18-12-19(14-2-3-14)27-25-20(18)21-22(32-25)24(30)29-23(28-21)15-4-8-16(26)9-5-15/h4-12,14,23,28H,2-3H2,1H3,(H,29,30)/t23-/m1/s1. The molecule has 1 aliphatic heterocycles. The van der Waals surface area contributed by atoms with Crippen molar-refractivity contribution >= 4 is 44.7 Å². The Morgan fingerprint density at radius 2 is 1.81 bits per heavy atom. The summed E-state index contributed by atoms with van der Waals surface area (Å²) in [6, 6.07) is 17.8. The molecule has 0 bridgehead atoms. The minimum atomic E-state index is -0.336. The van der Waals surface area contributed by atoms with Gasteiger partial charge in [-0.3, -0.25) is 4.79 Å². The molecule has 2 aromatic heterocycles. The zero-order valence-electron chi connectivity index (χ0n) is 17.3. The number of methoxy groups -OCH3 is 1. The largest absolute Gasteiger partial charge is 0.497 e. The van der Waals surface area contributed by atoms with Gasteiger partial charge in [0.2, 0.25) is 0 Å². The molecule has 3 heterocycles. The lowest BCUT2D eigenvalue weighted by atomic mass is 9.99. The summed E-state index contributed by atoms with van der Waals surface area (Å²) >= 11 is 7.51. The van der Waals surface area contributed by atoms with E-state index in [1.165, 1.54) is 24.2 Å². The second kappa shape index (κ2) is 7.50. The molecule has 0 radical (unpaired) electrons. The second-order valence-corrected chi connectivity index (χ2v) is 9.62. The van der Waals surface area contributed by atoms with Gasteiger partial charge in [-0.15, -0.1) is 11.3 Å². The molecule has 160 valence electrons. The zero-order chi connectivity index (χ0) is 21.8. The fourth-order valence-corrected chi connectivity index (χ4v) is 5.40. The van der Waals surface area contributed by atoms with Gasteiger partial charge < -0.3 is 15.4 Å². The lowest BCUT2D eigenvalue weighted by molar-refractivity contribution is 0.0940. The van der Waals surface area contributed by atoms with Crippen LogP contribution in [0.5, 0.6) is 5.75 Å². The summed E-state index contributed by atoms with van der Waals surface area (Å²) in [6.45, 7) is 0. The molecular formula is C25H20ClN3O2S. The van der Waals surface area contributed by atoms with Gasteiger partial charge in [-0.25, -0.2) is 4.98 Å². The summed E-state index contributed by atoms with van der Waals surface area (Å²) in [4.78, 5) is 19.6. The van der Waals surface area contributed by atoms with E-state index in [1.807, 2.05) is 36.4 Å². The Balaban J connectivity index is 1.52. The van der Waals surface area contributed by atoms with Gasteiger partial charge in [0.05, 0.1) is 12.8 Å². The maximum atomic E-state index is 13.1. The Hall–Kier alpha value is -3.09. The van der Waals surface area contributed by atoms with Gasteiger partial charge in [-0.05, 0) is 59.9 Å². The minimum Gasteiger partial charge on any atom is -0.497 e. The highest BCUT2D eigenvalue weighted by atomic mass is 35.5. The molecule has 1 fully saturated rings. The number of hydrogen-bond donors (Lipinski definition) is 2. The van der Waals surface area contributed by atoms with Crippen LogP contribution in [0.1, 0.15) is 45.9 Å². The average Bonchev–Trinajstić information content (AvgIpc) is 3.60. The number of aromatic nitrogens is 1. The van der Waals surface area contributed by atoms with Gasteiger partial charge in [-0.2, -0.15) is 0 Å². The van der Waals surface area contributed by atoms with Crippen molar-refractivity contribution in [2.75, 3.05) is 12.4 Å². The normalized spacial score (nSPS) is 17.6. The molecule has 6 rings (SSSR count). The Kier molecular flexibility index (Phi) is 4.59. The Bertz CT molecular complexity index is 1340. The molecule has 1 aliphatic carbocycles. The molecule has 0 spiro atoms. The SMILES string of the molecule is COc1ccc(-c2cc(C3CC3)nc3sc4c(c23)N[C@@H](c2ccc(Cl)cc2)NC4=O)cc1. The molecule has 2 aromatic carbocycles. The summed E-state index contributed by atoms with van der Waals surface area (Å²) in [7, 11) is 1.67. The van der Waals surface area contributed by atoms with Crippen LogP contribution in [0, 0.1) is 0 Å². The van der Waals surface area contributed by atoms with Gasteiger partial charge in [-0.1, -0.05) is 35.9 Å². The maximum Gasteiger partial charge on any atom is 0.265 e. The molecular weight excluding hydrogens is 442 g/mol. The lowest BCUT2D eigenvalue weighted by Gasteiger charge is -2.26. The fourth-order valence-electron chi connectivity index (χ4n) is 4.20. The van der Waals surface area contributed by atoms with Crippen LogP contribution in [-0.2, 0) is 0 Å². The van der Waals surface area contributed by atoms with Crippen molar-refractivity contribution in [1.29, 1.82) is 0 Å². The number of halogens is 1. The first-order valence-corrected chi connectivity index (χ1v) is 11.7. The summed E-state index contributed by atoms with van der Waals surface area (Å²) in [5.41, 5.74) is 5.07. The van der Waals surface area contributed by atoms with Crippen molar-refractivity contribution in [2.45, 2.75) is 24.9 Å². The van der Waals surface area contributed by atoms with Crippen molar-refractivity contribution < 1.29 is 9.53 Å². The predicted octanol–water partition coefficient (Wildman–Crippen LogP) is 6.36. The van der Waals surface area contributed by atoms with E-state index in [0.29, 0.717) is 15.8 Å². The molecule has 1 atom stereocenters. The quantitative estimate of drug-likeness (QED) is 0.371. The Labute approximate surface area is 194 Å². The first kappa shape index (κ1) is 19.6. The van der Waals surface area contributed by atoms with Crippen molar-refractivity contribution in [3.05, 3.63) is 75.8 Å². The number of pyridine rings is 1. The number of fused-ring (bicyclic) bond motifs is 3. The highest BCUT2D eigenvalue weighted by Gasteiger charge is 2.32. The van der Waals surface area contributed by atoms with E-state index < -0.39 is 0 Å².